The van der Waals surface area contributed by atoms with Gasteiger partial charge in [0, 0.05) is 23.7 Å². The molecule has 8 heteroatoms. The summed E-state index contributed by atoms with van der Waals surface area (Å²) in [4.78, 5) is 13.5. The molecule has 0 saturated carbocycles. The van der Waals surface area contributed by atoms with Gasteiger partial charge < -0.3 is 26.4 Å². The van der Waals surface area contributed by atoms with Gasteiger partial charge in [0.25, 0.3) is 0 Å². The molecule has 0 amide bonds. The number of unbranched alkanes of at least 4 members (excludes halogenated alkanes) is 3. The van der Waals surface area contributed by atoms with E-state index in [1.807, 2.05) is 6.92 Å². The minimum Gasteiger partial charge on any atom is -0.459 e. The number of hydrogen-bond donors (Lipinski definition) is 4. The molecule has 0 atom stereocenters. The summed E-state index contributed by atoms with van der Waals surface area (Å²) in [6.07, 6.45) is 6.37. The summed E-state index contributed by atoms with van der Waals surface area (Å²) >= 11 is 0. The predicted octanol–water partition coefficient (Wildman–Crippen LogP) is 3.48. The SMILES string of the molecule is C=C(C)COc1nc(NCCCCCCN)nc(NC2CC(C)(C)NC(C)(C)C2)n1. The molecule has 170 valence electrons. The quantitative estimate of drug-likeness (QED) is 0.301. The van der Waals surface area contributed by atoms with E-state index in [0.717, 1.165) is 57.2 Å². The van der Waals surface area contributed by atoms with E-state index in [-0.39, 0.29) is 17.1 Å². The summed E-state index contributed by atoms with van der Waals surface area (Å²) in [7, 11) is 0. The number of aromatic nitrogens is 3. The Morgan fingerprint density at radius 1 is 1.07 bits per heavy atom. The van der Waals surface area contributed by atoms with Gasteiger partial charge in [-0.1, -0.05) is 19.4 Å². The van der Waals surface area contributed by atoms with Crippen molar-refractivity contribution in [3.63, 3.8) is 0 Å². The van der Waals surface area contributed by atoms with Gasteiger partial charge in [0.15, 0.2) is 0 Å². The van der Waals surface area contributed by atoms with Crippen LogP contribution >= 0.6 is 0 Å². The molecule has 2 heterocycles. The average molecular weight is 420 g/mol. The summed E-state index contributed by atoms with van der Waals surface area (Å²) < 4.78 is 5.71. The number of nitrogens with zero attached hydrogens (tertiary/aromatic N) is 3. The van der Waals surface area contributed by atoms with E-state index < -0.39 is 0 Å². The molecule has 0 radical (unpaired) electrons. The van der Waals surface area contributed by atoms with Crippen LogP contribution in [0.1, 0.15) is 73.1 Å². The van der Waals surface area contributed by atoms with Gasteiger partial charge in [-0.25, -0.2) is 0 Å². The van der Waals surface area contributed by atoms with Crippen molar-refractivity contribution in [1.29, 1.82) is 0 Å². The first kappa shape index (κ1) is 24.3. The van der Waals surface area contributed by atoms with Crippen LogP contribution < -0.4 is 26.4 Å². The fraction of sp³-hybridized carbons (Fsp3) is 0.773. The number of anilines is 2. The zero-order valence-corrected chi connectivity index (χ0v) is 19.5. The largest absolute Gasteiger partial charge is 0.459 e. The highest BCUT2D eigenvalue weighted by Crippen LogP contribution is 2.30. The van der Waals surface area contributed by atoms with Crippen LogP contribution in [0.5, 0.6) is 6.01 Å². The van der Waals surface area contributed by atoms with E-state index in [1.165, 1.54) is 0 Å². The molecule has 0 bridgehead atoms. The second-order valence-corrected chi connectivity index (χ2v) is 9.78. The van der Waals surface area contributed by atoms with Crippen molar-refractivity contribution in [3.8, 4) is 6.01 Å². The minimum atomic E-state index is 0.0380. The molecule has 1 aromatic heterocycles. The highest BCUT2D eigenvalue weighted by Gasteiger charge is 2.37. The molecule has 30 heavy (non-hydrogen) atoms. The molecule has 2 rings (SSSR count). The molecule has 0 unspecified atom stereocenters. The van der Waals surface area contributed by atoms with E-state index in [1.54, 1.807) is 0 Å². The maximum Gasteiger partial charge on any atom is 0.323 e. The van der Waals surface area contributed by atoms with Gasteiger partial charge in [-0.3, -0.25) is 0 Å². The van der Waals surface area contributed by atoms with Gasteiger partial charge in [0.1, 0.15) is 6.61 Å². The second kappa shape index (κ2) is 10.9. The third-order valence-electron chi connectivity index (χ3n) is 5.00. The normalized spacial score (nSPS) is 18.1. The molecule has 0 spiro atoms. The molecule has 1 fully saturated rings. The van der Waals surface area contributed by atoms with Crippen LogP contribution in [-0.2, 0) is 0 Å². The molecular formula is C22H41N7O. The second-order valence-electron chi connectivity index (χ2n) is 9.78. The Balaban J connectivity index is 2.06. The minimum absolute atomic E-state index is 0.0380. The van der Waals surface area contributed by atoms with Gasteiger partial charge in [-0.15, -0.1) is 0 Å². The third-order valence-corrected chi connectivity index (χ3v) is 5.00. The Hall–Kier alpha value is -1.93. The van der Waals surface area contributed by atoms with Crippen molar-refractivity contribution in [2.45, 2.75) is 90.3 Å². The summed E-state index contributed by atoms with van der Waals surface area (Å²) in [5.74, 6) is 1.08. The van der Waals surface area contributed by atoms with Crippen LogP contribution in [0.25, 0.3) is 0 Å². The van der Waals surface area contributed by atoms with Crippen molar-refractivity contribution >= 4 is 11.9 Å². The Morgan fingerprint density at radius 3 is 2.33 bits per heavy atom. The molecule has 5 N–H and O–H groups in total. The van der Waals surface area contributed by atoms with Gasteiger partial charge in [0.05, 0.1) is 0 Å². The summed E-state index contributed by atoms with van der Waals surface area (Å²) in [6, 6.07) is 0.574. The van der Waals surface area contributed by atoms with Crippen LogP contribution in [0, 0.1) is 0 Å². The lowest BCUT2D eigenvalue weighted by atomic mass is 9.80. The fourth-order valence-corrected chi connectivity index (χ4v) is 4.18. The van der Waals surface area contributed by atoms with Gasteiger partial charge in [-0.05, 0) is 72.4 Å². The van der Waals surface area contributed by atoms with Crippen molar-refractivity contribution in [2.75, 3.05) is 30.3 Å². The van der Waals surface area contributed by atoms with E-state index in [9.17, 15) is 0 Å². The highest BCUT2D eigenvalue weighted by molar-refractivity contribution is 5.37. The Kier molecular flexibility index (Phi) is 8.85. The van der Waals surface area contributed by atoms with E-state index in [0.29, 0.717) is 24.5 Å². The molecule has 1 aliphatic heterocycles. The first-order valence-electron chi connectivity index (χ1n) is 11.1. The van der Waals surface area contributed by atoms with E-state index in [2.05, 4.69) is 65.2 Å². The fourth-order valence-electron chi connectivity index (χ4n) is 4.18. The lowest BCUT2D eigenvalue weighted by Gasteiger charge is -2.46. The van der Waals surface area contributed by atoms with Crippen molar-refractivity contribution in [3.05, 3.63) is 12.2 Å². The van der Waals surface area contributed by atoms with Crippen LogP contribution in [-0.4, -0.2) is 51.8 Å². The topological polar surface area (TPSA) is 110 Å². The van der Waals surface area contributed by atoms with Crippen LogP contribution in [0.4, 0.5) is 11.9 Å². The molecule has 1 aromatic rings. The molecule has 0 aliphatic carbocycles. The van der Waals surface area contributed by atoms with Crippen molar-refractivity contribution in [1.82, 2.24) is 20.3 Å². The number of hydrogen-bond acceptors (Lipinski definition) is 8. The van der Waals surface area contributed by atoms with Gasteiger partial charge in [-0.2, -0.15) is 15.0 Å². The predicted molar refractivity (Wildman–Crippen MR) is 124 cm³/mol. The molecule has 0 aromatic carbocycles. The molecule has 1 saturated heterocycles. The number of rotatable bonds is 12. The summed E-state index contributed by atoms with van der Waals surface area (Å²) in [6.45, 7) is 16.7. The Labute approximate surface area is 181 Å². The summed E-state index contributed by atoms with van der Waals surface area (Å²) in [5, 5.41) is 10.5. The van der Waals surface area contributed by atoms with Crippen LogP contribution in [0.2, 0.25) is 0 Å². The number of piperidine rings is 1. The Bertz CT molecular complexity index is 674. The maximum absolute atomic E-state index is 5.71. The first-order chi connectivity index (χ1) is 14.1. The Morgan fingerprint density at radius 2 is 1.70 bits per heavy atom. The lowest BCUT2D eigenvalue weighted by molar-refractivity contribution is 0.170. The van der Waals surface area contributed by atoms with Gasteiger partial charge in [0.2, 0.25) is 11.9 Å². The number of ether oxygens (including phenoxy) is 1. The van der Waals surface area contributed by atoms with Crippen molar-refractivity contribution < 1.29 is 4.74 Å². The zero-order valence-electron chi connectivity index (χ0n) is 19.5. The maximum atomic E-state index is 5.71. The van der Waals surface area contributed by atoms with Crippen LogP contribution in [0.3, 0.4) is 0 Å². The monoisotopic (exact) mass is 419 g/mol. The van der Waals surface area contributed by atoms with Crippen LogP contribution in [0.15, 0.2) is 12.2 Å². The standard InChI is InChI=1S/C22H41N7O/c1-16(2)15-30-20-27-18(24-12-10-8-7-9-11-23)26-19(28-20)25-17-13-21(3,4)29-22(5,6)14-17/h17,29H,1,7-15,23H2,2-6H3,(H2,24,25,26,27,28). The average Bonchev–Trinajstić information content (AvgIpc) is 2.60. The zero-order chi connectivity index (χ0) is 22.2. The summed E-state index contributed by atoms with van der Waals surface area (Å²) in [5.41, 5.74) is 6.55. The van der Waals surface area contributed by atoms with Crippen molar-refractivity contribution in [2.24, 2.45) is 5.73 Å². The first-order valence-corrected chi connectivity index (χ1v) is 11.1. The van der Waals surface area contributed by atoms with E-state index in [4.69, 9.17) is 10.5 Å². The number of nitrogens with one attached hydrogen (secondary N) is 3. The van der Waals surface area contributed by atoms with E-state index >= 15 is 0 Å². The smallest absolute Gasteiger partial charge is 0.323 e. The third kappa shape index (κ3) is 8.83. The molecule has 8 nitrogen and oxygen atoms in total. The number of nitrogens with two attached hydrogens (primary N) is 1. The van der Waals surface area contributed by atoms with Gasteiger partial charge >= 0.3 is 6.01 Å². The lowest BCUT2D eigenvalue weighted by Crippen LogP contribution is -2.60. The molecule has 1 aliphatic rings. The molecular weight excluding hydrogens is 378 g/mol. The highest BCUT2D eigenvalue weighted by atomic mass is 16.5.